The highest BCUT2D eigenvalue weighted by molar-refractivity contribution is 6.11. The second-order valence-corrected chi connectivity index (χ2v) is 4.08. The summed E-state index contributed by atoms with van der Waals surface area (Å²) in [5.41, 5.74) is 3.81. The van der Waals surface area contributed by atoms with Gasteiger partial charge in [0.2, 0.25) is 11.4 Å². The summed E-state index contributed by atoms with van der Waals surface area (Å²) >= 11 is 0. The maximum Gasteiger partial charge on any atom is 0.339 e. The Balaban J connectivity index is 2.48. The zero-order chi connectivity index (χ0) is 11.9. The van der Waals surface area contributed by atoms with Crippen LogP contribution in [0.5, 0.6) is 0 Å². The van der Waals surface area contributed by atoms with Gasteiger partial charge in [-0.3, -0.25) is 9.59 Å². The number of carbonyl (C=O) groups excluding carboxylic acids is 2. The first-order valence-electron chi connectivity index (χ1n) is 5.09. The molecule has 2 atom stereocenters. The van der Waals surface area contributed by atoms with Crippen LogP contribution in [0.15, 0.2) is 0 Å². The van der Waals surface area contributed by atoms with Crippen molar-refractivity contribution in [1.82, 2.24) is 10.2 Å². The third-order valence-corrected chi connectivity index (χ3v) is 3.18. The Kier molecular flexibility index (Phi) is 2.34. The van der Waals surface area contributed by atoms with Gasteiger partial charge in [-0.05, 0) is 12.8 Å². The van der Waals surface area contributed by atoms with E-state index >= 15 is 0 Å². The Hall–Kier alpha value is -1.63. The molecule has 2 heterocycles. The van der Waals surface area contributed by atoms with Crippen molar-refractivity contribution in [1.29, 1.82) is 0 Å². The number of carbonyl (C=O) groups is 3. The van der Waals surface area contributed by atoms with Crippen molar-refractivity contribution in [2.24, 2.45) is 5.73 Å². The number of hydrogen-bond donors (Lipinski definition) is 3. The molecule has 0 aromatic heterocycles. The van der Waals surface area contributed by atoms with E-state index in [-0.39, 0.29) is 19.5 Å². The van der Waals surface area contributed by atoms with Gasteiger partial charge in [0, 0.05) is 13.1 Å². The number of amides is 2. The monoisotopic (exact) mass is 227 g/mol. The normalized spacial score (nSPS) is 34.3. The van der Waals surface area contributed by atoms with Crippen LogP contribution >= 0.6 is 0 Å². The van der Waals surface area contributed by atoms with Crippen LogP contribution in [0.25, 0.3) is 0 Å². The van der Waals surface area contributed by atoms with E-state index in [0.717, 1.165) is 4.90 Å². The third kappa shape index (κ3) is 1.21. The largest absolute Gasteiger partial charge is 0.479 e. The molecule has 0 bridgehead atoms. The van der Waals surface area contributed by atoms with E-state index in [4.69, 9.17) is 5.73 Å². The van der Waals surface area contributed by atoms with Crippen LogP contribution in [0, 0.1) is 0 Å². The lowest BCUT2D eigenvalue weighted by Crippen LogP contribution is -2.60. The molecule has 2 amide bonds. The highest BCUT2D eigenvalue weighted by Crippen LogP contribution is 2.31. The molecule has 2 aliphatic heterocycles. The predicted octanol–water partition coefficient (Wildman–Crippen LogP) is -2.11. The number of nitrogens with zero attached hydrogens (tertiary/aromatic N) is 1. The van der Waals surface area contributed by atoms with Crippen molar-refractivity contribution in [3.05, 3.63) is 0 Å². The zero-order valence-electron chi connectivity index (χ0n) is 8.60. The number of carboxylic acids is 1. The van der Waals surface area contributed by atoms with Crippen molar-refractivity contribution < 1.29 is 19.5 Å². The number of carboxylic acid groups (broad SMARTS) is 1. The molecule has 0 aliphatic carbocycles. The van der Waals surface area contributed by atoms with Gasteiger partial charge < -0.3 is 21.1 Å². The molecule has 0 saturated carbocycles. The second-order valence-electron chi connectivity index (χ2n) is 4.08. The molecule has 4 N–H and O–H groups in total. The van der Waals surface area contributed by atoms with Crippen molar-refractivity contribution >= 4 is 17.8 Å². The number of nitrogens with two attached hydrogens (primary N) is 1. The minimum Gasteiger partial charge on any atom is -0.479 e. The number of hydrogen-bond acceptors (Lipinski definition) is 4. The average molecular weight is 227 g/mol. The first-order valence-corrected chi connectivity index (χ1v) is 5.09. The Morgan fingerprint density at radius 1 is 1.56 bits per heavy atom. The number of aliphatic carboxylic acids is 1. The Bertz CT molecular complexity index is 370. The molecular weight excluding hydrogens is 214 g/mol. The Morgan fingerprint density at radius 3 is 2.88 bits per heavy atom. The molecule has 2 fully saturated rings. The van der Waals surface area contributed by atoms with Gasteiger partial charge in [-0.15, -0.1) is 0 Å². The highest BCUT2D eigenvalue weighted by atomic mass is 16.4. The smallest absolute Gasteiger partial charge is 0.339 e. The number of rotatable bonds is 1. The predicted molar refractivity (Wildman–Crippen MR) is 52.3 cm³/mol. The second kappa shape index (κ2) is 3.44. The summed E-state index contributed by atoms with van der Waals surface area (Å²) in [6, 6.07) is -0.858. The van der Waals surface area contributed by atoms with Gasteiger partial charge >= 0.3 is 5.97 Å². The van der Waals surface area contributed by atoms with Gasteiger partial charge in [0.05, 0.1) is 0 Å². The Labute approximate surface area is 91.6 Å². The van der Waals surface area contributed by atoms with Crippen LogP contribution in [-0.2, 0) is 14.4 Å². The molecule has 88 valence electrons. The van der Waals surface area contributed by atoms with Crippen LogP contribution in [0.1, 0.15) is 12.8 Å². The summed E-state index contributed by atoms with van der Waals surface area (Å²) in [4.78, 5) is 36.0. The molecule has 16 heavy (non-hydrogen) atoms. The summed E-state index contributed by atoms with van der Waals surface area (Å²) in [5.74, 6) is -2.40. The van der Waals surface area contributed by atoms with Crippen LogP contribution in [0.2, 0.25) is 0 Å². The van der Waals surface area contributed by atoms with Crippen molar-refractivity contribution in [2.75, 3.05) is 13.1 Å². The first kappa shape index (κ1) is 10.9. The molecule has 2 aliphatic rings. The topological polar surface area (TPSA) is 113 Å². The molecule has 0 spiro atoms. The molecule has 2 saturated heterocycles. The van der Waals surface area contributed by atoms with Gasteiger partial charge in [-0.25, -0.2) is 4.79 Å². The Morgan fingerprint density at radius 2 is 2.25 bits per heavy atom. The average Bonchev–Trinajstić information content (AvgIpc) is 2.66. The lowest BCUT2D eigenvalue weighted by molar-refractivity contribution is -0.161. The number of fused-ring (bicyclic) bond motifs is 1. The molecule has 2 rings (SSSR count). The van der Waals surface area contributed by atoms with Gasteiger partial charge in [0.25, 0.3) is 5.91 Å². The van der Waals surface area contributed by atoms with Crippen LogP contribution in [0.3, 0.4) is 0 Å². The van der Waals surface area contributed by atoms with Crippen LogP contribution in [0.4, 0.5) is 0 Å². The molecule has 0 aromatic carbocycles. The SMILES string of the molecule is NC1CNC(=O)C2(C(=O)O)CCCN2C1=O. The summed E-state index contributed by atoms with van der Waals surface area (Å²) in [6.07, 6.45) is 0.644. The summed E-state index contributed by atoms with van der Waals surface area (Å²) < 4.78 is 0. The fourth-order valence-corrected chi connectivity index (χ4v) is 2.31. The van der Waals surface area contributed by atoms with E-state index in [1.807, 2.05) is 0 Å². The van der Waals surface area contributed by atoms with E-state index in [2.05, 4.69) is 5.32 Å². The molecule has 0 radical (unpaired) electrons. The maximum absolute atomic E-state index is 11.8. The molecule has 0 aromatic rings. The fraction of sp³-hybridized carbons (Fsp3) is 0.667. The van der Waals surface area contributed by atoms with E-state index in [0.29, 0.717) is 6.42 Å². The minimum atomic E-state index is -1.74. The van der Waals surface area contributed by atoms with Gasteiger partial charge in [-0.2, -0.15) is 0 Å². The first-order chi connectivity index (χ1) is 7.50. The summed E-state index contributed by atoms with van der Waals surface area (Å²) in [7, 11) is 0. The standard InChI is InChI=1S/C9H13N3O4/c10-5-4-11-7(14)9(8(15)16)2-1-3-12(9)6(5)13/h5H,1-4,10H2,(H,11,14)(H,15,16). The lowest BCUT2D eigenvalue weighted by Gasteiger charge is -2.31. The van der Waals surface area contributed by atoms with Crippen LogP contribution < -0.4 is 11.1 Å². The molecule has 7 nitrogen and oxygen atoms in total. The summed E-state index contributed by atoms with van der Waals surface area (Å²) in [6.45, 7) is 0.259. The third-order valence-electron chi connectivity index (χ3n) is 3.18. The highest BCUT2D eigenvalue weighted by Gasteiger charge is 2.58. The van der Waals surface area contributed by atoms with E-state index in [9.17, 15) is 19.5 Å². The summed E-state index contributed by atoms with van der Waals surface area (Å²) in [5, 5.41) is 11.6. The van der Waals surface area contributed by atoms with E-state index in [1.165, 1.54) is 0 Å². The van der Waals surface area contributed by atoms with Crippen LogP contribution in [-0.4, -0.2) is 52.5 Å². The van der Waals surface area contributed by atoms with E-state index in [1.54, 1.807) is 0 Å². The van der Waals surface area contributed by atoms with Crippen molar-refractivity contribution in [2.45, 2.75) is 24.4 Å². The van der Waals surface area contributed by atoms with Crippen molar-refractivity contribution in [3.63, 3.8) is 0 Å². The fourth-order valence-electron chi connectivity index (χ4n) is 2.31. The molecular formula is C9H13N3O4. The molecule has 7 heteroatoms. The van der Waals surface area contributed by atoms with Gasteiger partial charge in [-0.1, -0.05) is 0 Å². The maximum atomic E-state index is 11.8. The quantitative estimate of drug-likeness (QED) is 0.444. The molecule has 2 unspecified atom stereocenters. The van der Waals surface area contributed by atoms with Gasteiger partial charge in [0.15, 0.2) is 0 Å². The number of nitrogens with one attached hydrogen (secondary N) is 1. The zero-order valence-corrected chi connectivity index (χ0v) is 8.60. The lowest BCUT2D eigenvalue weighted by atomic mass is 9.95. The van der Waals surface area contributed by atoms with E-state index < -0.39 is 29.4 Å². The van der Waals surface area contributed by atoms with Crippen molar-refractivity contribution in [3.8, 4) is 0 Å². The van der Waals surface area contributed by atoms with Gasteiger partial charge in [0.1, 0.15) is 6.04 Å². The minimum absolute atomic E-state index is 0.0107.